The molecule has 0 aliphatic heterocycles. The van der Waals surface area contributed by atoms with Crippen molar-refractivity contribution in [2.45, 2.75) is 19.1 Å². The average molecular weight is 323 g/mol. The minimum absolute atomic E-state index is 0.103. The number of hydrogen-bond donors (Lipinski definition) is 3. The van der Waals surface area contributed by atoms with E-state index in [-0.39, 0.29) is 6.04 Å². The number of nitrogens with two attached hydrogens (primary N) is 1. The summed E-state index contributed by atoms with van der Waals surface area (Å²) in [6.45, 7) is 2.02. The normalized spacial score (nSPS) is 12.8. The Morgan fingerprint density at radius 3 is 2.12 bits per heavy atom. The van der Waals surface area contributed by atoms with Gasteiger partial charge in [-0.1, -0.05) is 72.8 Å². The number of aliphatic hydroxyl groups excluding tert-OH is 1. The van der Waals surface area contributed by atoms with Crippen LogP contribution in [0.2, 0.25) is 0 Å². The van der Waals surface area contributed by atoms with Crippen molar-refractivity contribution in [3.05, 3.63) is 83.9 Å². The third-order valence-corrected chi connectivity index (χ3v) is 3.66. The maximum absolute atomic E-state index is 10.2. The molecule has 0 aliphatic rings. The van der Waals surface area contributed by atoms with Crippen molar-refractivity contribution in [2.24, 2.45) is 5.73 Å². The SMILES string of the molecule is C[C@H](N)c1cccc2ccccc12.O=C(O)[C@H](O)c1ccccc1. The molecule has 24 heavy (non-hydrogen) atoms. The Bertz CT molecular complexity index is 795. The predicted octanol–water partition coefficient (Wildman–Crippen LogP) is 3.66. The molecule has 124 valence electrons. The van der Waals surface area contributed by atoms with Crippen molar-refractivity contribution in [3.63, 3.8) is 0 Å². The van der Waals surface area contributed by atoms with E-state index < -0.39 is 12.1 Å². The zero-order valence-corrected chi connectivity index (χ0v) is 13.5. The molecule has 0 saturated carbocycles. The van der Waals surface area contributed by atoms with Crippen LogP contribution in [0, 0.1) is 0 Å². The lowest BCUT2D eigenvalue weighted by atomic mass is 10.0. The van der Waals surface area contributed by atoms with Crippen LogP contribution in [0.5, 0.6) is 0 Å². The largest absolute Gasteiger partial charge is 0.479 e. The third kappa shape index (κ3) is 4.41. The first-order valence-electron chi connectivity index (χ1n) is 7.69. The molecule has 4 heteroatoms. The number of aliphatic carboxylic acids is 1. The molecule has 2 atom stereocenters. The average Bonchev–Trinajstić information content (AvgIpc) is 2.61. The van der Waals surface area contributed by atoms with Crippen LogP contribution in [0.3, 0.4) is 0 Å². The Hall–Kier alpha value is -2.69. The summed E-state index contributed by atoms with van der Waals surface area (Å²) >= 11 is 0. The van der Waals surface area contributed by atoms with Gasteiger partial charge in [0.25, 0.3) is 0 Å². The number of rotatable bonds is 3. The summed E-state index contributed by atoms with van der Waals surface area (Å²) in [6, 6.07) is 23.0. The van der Waals surface area contributed by atoms with Crippen LogP contribution in [0.1, 0.15) is 30.2 Å². The van der Waals surface area contributed by atoms with E-state index in [1.54, 1.807) is 30.3 Å². The second-order valence-electron chi connectivity index (χ2n) is 5.51. The van der Waals surface area contributed by atoms with Crippen LogP contribution in [0.25, 0.3) is 10.8 Å². The third-order valence-electron chi connectivity index (χ3n) is 3.66. The number of aliphatic hydroxyl groups is 1. The lowest BCUT2D eigenvalue weighted by Gasteiger charge is -2.09. The van der Waals surface area contributed by atoms with E-state index in [4.69, 9.17) is 15.9 Å². The number of carboxylic acid groups (broad SMARTS) is 1. The van der Waals surface area contributed by atoms with Crippen LogP contribution in [-0.2, 0) is 4.79 Å². The highest BCUT2D eigenvalue weighted by molar-refractivity contribution is 5.86. The molecule has 0 spiro atoms. The molecule has 0 aromatic heterocycles. The van der Waals surface area contributed by atoms with E-state index in [1.165, 1.54) is 16.3 Å². The fraction of sp³-hybridized carbons (Fsp3) is 0.150. The van der Waals surface area contributed by atoms with Crippen molar-refractivity contribution in [1.29, 1.82) is 0 Å². The molecule has 0 radical (unpaired) electrons. The van der Waals surface area contributed by atoms with Crippen molar-refractivity contribution >= 4 is 16.7 Å². The molecule has 0 bridgehead atoms. The first-order valence-corrected chi connectivity index (χ1v) is 7.69. The minimum Gasteiger partial charge on any atom is -0.479 e. The zero-order valence-electron chi connectivity index (χ0n) is 13.5. The van der Waals surface area contributed by atoms with Crippen LogP contribution in [0.15, 0.2) is 72.8 Å². The summed E-state index contributed by atoms with van der Waals surface area (Å²) in [6.07, 6.45) is -1.41. The molecular weight excluding hydrogens is 302 g/mol. The summed E-state index contributed by atoms with van der Waals surface area (Å²) in [7, 11) is 0. The maximum Gasteiger partial charge on any atom is 0.337 e. The van der Waals surface area contributed by atoms with Gasteiger partial charge >= 0.3 is 5.97 Å². The monoisotopic (exact) mass is 323 g/mol. The minimum atomic E-state index is -1.41. The Morgan fingerprint density at radius 1 is 0.917 bits per heavy atom. The van der Waals surface area contributed by atoms with Gasteiger partial charge in [-0.05, 0) is 28.8 Å². The van der Waals surface area contributed by atoms with Crippen molar-refractivity contribution in [2.75, 3.05) is 0 Å². The molecule has 0 amide bonds. The molecule has 0 unspecified atom stereocenters. The Labute approximate surface area is 141 Å². The first-order chi connectivity index (χ1) is 11.5. The fourth-order valence-electron chi connectivity index (χ4n) is 2.43. The quantitative estimate of drug-likeness (QED) is 0.687. The van der Waals surface area contributed by atoms with Crippen LogP contribution >= 0.6 is 0 Å². The van der Waals surface area contributed by atoms with Gasteiger partial charge in [0.2, 0.25) is 0 Å². The van der Waals surface area contributed by atoms with Gasteiger partial charge in [0, 0.05) is 6.04 Å². The van der Waals surface area contributed by atoms with E-state index in [9.17, 15) is 4.79 Å². The van der Waals surface area contributed by atoms with Crippen molar-refractivity contribution < 1.29 is 15.0 Å². The topological polar surface area (TPSA) is 83.6 Å². The van der Waals surface area contributed by atoms with Gasteiger partial charge in [-0.3, -0.25) is 0 Å². The summed E-state index contributed by atoms with van der Waals surface area (Å²) in [5, 5.41) is 19.9. The molecule has 4 nitrogen and oxygen atoms in total. The lowest BCUT2D eigenvalue weighted by Crippen LogP contribution is -2.09. The van der Waals surface area contributed by atoms with E-state index >= 15 is 0 Å². The smallest absolute Gasteiger partial charge is 0.337 e. The number of carboxylic acids is 1. The number of benzene rings is 3. The highest BCUT2D eigenvalue weighted by atomic mass is 16.4. The lowest BCUT2D eigenvalue weighted by molar-refractivity contribution is -0.146. The Kier molecular flexibility index (Phi) is 6.07. The van der Waals surface area contributed by atoms with E-state index in [0.717, 1.165) is 0 Å². The molecule has 4 N–H and O–H groups in total. The predicted molar refractivity (Wildman–Crippen MR) is 95.6 cm³/mol. The first kappa shape index (κ1) is 17.7. The molecule has 0 heterocycles. The molecule has 0 aliphatic carbocycles. The highest BCUT2D eigenvalue weighted by Crippen LogP contribution is 2.22. The van der Waals surface area contributed by atoms with Crippen molar-refractivity contribution in [3.8, 4) is 0 Å². The van der Waals surface area contributed by atoms with Gasteiger partial charge in [0.15, 0.2) is 6.10 Å². The summed E-state index contributed by atoms with van der Waals surface area (Å²) < 4.78 is 0. The number of carbonyl (C=O) groups is 1. The summed E-state index contributed by atoms with van der Waals surface area (Å²) in [5.41, 5.74) is 7.50. The summed E-state index contributed by atoms with van der Waals surface area (Å²) in [5.74, 6) is -1.23. The molecule has 0 saturated heterocycles. The van der Waals surface area contributed by atoms with E-state index in [0.29, 0.717) is 5.56 Å². The Balaban J connectivity index is 0.000000177. The highest BCUT2D eigenvalue weighted by Gasteiger charge is 2.14. The number of hydrogen-bond acceptors (Lipinski definition) is 3. The van der Waals surface area contributed by atoms with Crippen molar-refractivity contribution in [1.82, 2.24) is 0 Å². The standard InChI is InChI=1S/C12H13N.C8H8O3/c1-9(13)11-8-4-6-10-5-2-3-7-12(10)11;9-7(8(10)11)6-4-2-1-3-5-6/h2-9H,13H2,1H3;1-5,7,9H,(H,10,11)/t9-;7-/m01/s1. The maximum atomic E-state index is 10.2. The molecule has 3 rings (SSSR count). The Morgan fingerprint density at radius 2 is 1.50 bits per heavy atom. The zero-order chi connectivity index (χ0) is 17.5. The fourth-order valence-corrected chi connectivity index (χ4v) is 2.43. The van der Waals surface area contributed by atoms with Crippen LogP contribution in [0.4, 0.5) is 0 Å². The van der Waals surface area contributed by atoms with Crippen LogP contribution < -0.4 is 5.73 Å². The van der Waals surface area contributed by atoms with Gasteiger partial charge in [0.05, 0.1) is 0 Å². The van der Waals surface area contributed by atoms with E-state index in [1.807, 2.05) is 19.1 Å². The van der Waals surface area contributed by atoms with Gasteiger partial charge < -0.3 is 15.9 Å². The second-order valence-corrected chi connectivity index (χ2v) is 5.51. The number of fused-ring (bicyclic) bond motifs is 1. The van der Waals surface area contributed by atoms with Gasteiger partial charge in [-0.2, -0.15) is 0 Å². The van der Waals surface area contributed by atoms with Gasteiger partial charge in [-0.25, -0.2) is 4.79 Å². The van der Waals surface area contributed by atoms with Crippen LogP contribution in [-0.4, -0.2) is 16.2 Å². The van der Waals surface area contributed by atoms with E-state index in [2.05, 4.69) is 30.3 Å². The molecule has 3 aromatic rings. The molecule has 0 fully saturated rings. The second kappa shape index (κ2) is 8.24. The summed E-state index contributed by atoms with van der Waals surface area (Å²) in [4.78, 5) is 10.2. The molecular formula is C20H21NO3. The van der Waals surface area contributed by atoms with Gasteiger partial charge in [-0.15, -0.1) is 0 Å². The molecule has 3 aromatic carbocycles. The van der Waals surface area contributed by atoms with Gasteiger partial charge in [0.1, 0.15) is 0 Å².